The van der Waals surface area contributed by atoms with E-state index in [4.69, 9.17) is 9.84 Å². The van der Waals surface area contributed by atoms with Crippen LogP contribution in [0.5, 0.6) is 11.5 Å². The first-order valence-electron chi connectivity index (χ1n) is 13.2. The van der Waals surface area contributed by atoms with Crippen LogP contribution in [0.25, 0.3) is 0 Å². The molecule has 5 rings (SSSR count). The maximum atomic E-state index is 13.0. The minimum Gasteiger partial charge on any atom is -0.508 e. The van der Waals surface area contributed by atoms with Gasteiger partial charge in [-0.05, 0) is 61.9 Å². The summed E-state index contributed by atoms with van der Waals surface area (Å²) in [7, 11) is 3.69. The van der Waals surface area contributed by atoms with Gasteiger partial charge in [0, 0.05) is 67.0 Å². The Labute approximate surface area is 225 Å². The first-order chi connectivity index (χ1) is 18.2. The number of ketones is 2. The van der Waals surface area contributed by atoms with Crippen LogP contribution in [0.15, 0.2) is 83.3 Å². The largest absolute Gasteiger partial charge is 0.508 e. The van der Waals surface area contributed by atoms with Crippen molar-refractivity contribution in [2.24, 2.45) is 5.92 Å². The van der Waals surface area contributed by atoms with Crippen LogP contribution in [-0.4, -0.2) is 42.3 Å². The number of allylic oxidation sites excluding steroid dienone is 5. The summed E-state index contributed by atoms with van der Waals surface area (Å²) in [6, 6.07) is 15.1. The minimum absolute atomic E-state index is 0.0880. The van der Waals surface area contributed by atoms with Crippen LogP contribution >= 0.6 is 0 Å². The van der Waals surface area contributed by atoms with Crippen LogP contribution in [-0.2, 0) is 9.59 Å². The molecular formula is C32H38N2O4. The Morgan fingerprint density at radius 1 is 1.13 bits per heavy atom. The first-order valence-corrected chi connectivity index (χ1v) is 13.2. The lowest BCUT2D eigenvalue weighted by atomic mass is 9.77. The number of aromatic hydroxyl groups is 1. The van der Waals surface area contributed by atoms with Crippen molar-refractivity contribution in [1.82, 2.24) is 10.2 Å². The molecule has 1 saturated heterocycles. The number of Topliss-reactive ketones (excluding diaryl/α,β-unsaturated/α-hetero) is 2. The van der Waals surface area contributed by atoms with Gasteiger partial charge in [-0.1, -0.05) is 36.9 Å². The zero-order chi connectivity index (χ0) is 27.4. The minimum atomic E-state index is 0.0880. The molecule has 0 unspecified atom stereocenters. The molecule has 0 bridgehead atoms. The summed E-state index contributed by atoms with van der Waals surface area (Å²) in [5, 5.41) is 12.2. The number of carbonyl (C=O) groups is 2. The van der Waals surface area contributed by atoms with E-state index in [0.717, 1.165) is 64.5 Å². The average Bonchev–Trinajstić information content (AvgIpc) is 3.19. The van der Waals surface area contributed by atoms with Gasteiger partial charge < -0.3 is 20.1 Å². The number of benzene rings is 2. The number of dihydropyridines is 1. The molecule has 6 heteroatoms. The number of hydrogen-bond donors (Lipinski definition) is 2. The van der Waals surface area contributed by atoms with Gasteiger partial charge in [0.05, 0.1) is 7.11 Å². The van der Waals surface area contributed by atoms with E-state index in [1.165, 1.54) is 0 Å². The molecule has 0 aromatic heterocycles. The number of ether oxygens (including phenoxy) is 1. The van der Waals surface area contributed by atoms with Crippen molar-refractivity contribution in [3.05, 3.63) is 94.5 Å². The quantitative estimate of drug-likeness (QED) is 0.526. The Morgan fingerprint density at radius 2 is 1.89 bits per heavy atom. The molecule has 1 fully saturated rings. The van der Waals surface area contributed by atoms with Gasteiger partial charge in [-0.2, -0.15) is 0 Å². The summed E-state index contributed by atoms with van der Waals surface area (Å²) in [6.07, 6.45) is 3.05. The predicted octanol–water partition coefficient (Wildman–Crippen LogP) is 5.79. The SMILES string of the molecule is C=C1C[C@H](CC(=O)C2=C(C)NC3=C(C2)C(=O)C[C@H](c2ccccc2OC)C3)CN1C.Cc1cccc(O)c1. The maximum absolute atomic E-state index is 13.0. The number of phenols is 1. The fourth-order valence-corrected chi connectivity index (χ4v) is 5.65. The van der Waals surface area contributed by atoms with Gasteiger partial charge >= 0.3 is 0 Å². The van der Waals surface area contributed by atoms with E-state index in [1.54, 1.807) is 19.2 Å². The molecule has 6 nitrogen and oxygen atoms in total. The normalized spacial score (nSPS) is 21.0. The van der Waals surface area contributed by atoms with E-state index in [2.05, 4.69) is 16.8 Å². The number of methoxy groups -OCH3 is 1. The second-order valence-electron chi connectivity index (χ2n) is 10.6. The zero-order valence-corrected chi connectivity index (χ0v) is 22.8. The van der Waals surface area contributed by atoms with Gasteiger partial charge in [0.1, 0.15) is 11.5 Å². The number of likely N-dealkylation sites (tertiary alicyclic amines) is 1. The van der Waals surface area contributed by atoms with Crippen molar-refractivity contribution in [3.63, 3.8) is 0 Å². The molecule has 2 aromatic rings. The highest BCUT2D eigenvalue weighted by atomic mass is 16.5. The van der Waals surface area contributed by atoms with Crippen LogP contribution in [0.3, 0.4) is 0 Å². The van der Waals surface area contributed by atoms with Crippen molar-refractivity contribution in [3.8, 4) is 11.5 Å². The third kappa shape index (κ3) is 6.18. The van der Waals surface area contributed by atoms with Crippen molar-refractivity contribution in [1.29, 1.82) is 0 Å². The lowest BCUT2D eigenvalue weighted by Gasteiger charge is -2.32. The Bertz CT molecular complexity index is 1290. The Hall–Kier alpha value is -3.80. The second-order valence-corrected chi connectivity index (χ2v) is 10.6. The summed E-state index contributed by atoms with van der Waals surface area (Å²) in [5.74, 6) is 1.84. The monoisotopic (exact) mass is 514 g/mol. The highest BCUT2D eigenvalue weighted by molar-refractivity contribution is 6.03. The van der Waals surface area contributed by atoms with Gasteiger partial charge in [-0.3, -0.25) is 9.59 Å². The van der Waals surface area contributed by atoms with Crippen LogP contribution in [0.1, 0.15) is 56.1 Å². The number of carbonyl (C=O) groups excluding carboxylic acids is 2. The van der Waals surface area contributed by atoms with E-state index >= 15 is 0 Å². The van der Waals surface area contributed by atoms with E-state index in [1.807, 2.05) is 57.3 Å². The molecule has 2 atom stereocenters. The van der Waals surface area contributed by atoms with Gasteiger partial charge in [0.15, 0.2) is 11.6 Å². The van der Waals surface area contributed by atoms with Crippen molar-refractivity contribution in [2.45, 2.75) is 51.9 Å². The Morgan fingerprint density at radius 3 is 2.53 bits per heavy atom. The first kappa shape index (κ1) is 27.2. The van der Waals surface area contributed by atoms with Crippen LogP contribution in [0.4, 0.5) is 0 Å². The number of hydrogen-bond acceptors (Lipinski definition) is 6. The predicted molar refractivity (Wildman–Crippen MR) is 150 cm³/mol. The zero-order valence-electron chi connectivity index (χ0n) is 22.8. The van der Waals surface area contributed by atoms with Gasteiger partial charge in [-0.25, -0.2) is 0 Å². The Kier molecular flexibility index (Phi) is 8.40. The van der Waals surface area contributed by atoms with Crippen molar-refractivity contribution < 1.29 is 19.4 Å². The maximum Gasteiger partial charge on any atom is 0.161 e. The number of rotatable bonds is 5. The fraction of sp³-hybridized carbons (Fsp3) is 0.375. The summed E-state index contributed by atoms with van der Waals surface area (Å²) >= 11 is 0. The van der Waals surface area contributed by atoms with Crippen molar-refractivity contribution >= 4 is 11.6 Å². The summed E-state index contributed by atoms with van der Waals surface area (Å²) < 4.78 is 5.51. The van der Waals surface area contributed by atoms with Crippen molar-refractivity contribution in [2.75, 3.05) is 20.7 Å². The average molecular weight is 515 g/mol. The lowest BCUT2D eigenvalue weighted by molar-refractivity contribution is -0.116. The summed E-state index contributed by atoms with van der Waals surface area (Å²) in [5.41, 5.74) is 6.64. The molecule has 0 amide bonds. The topological polar surface area (TPSA) is 78.9 Å². The molecule has 2 aliphatic heterocycles. The van der Waals surface area contributed by atoms with E-state index < -0.39 is 0 Å². The molecule has 2 aromatic carbocycles. The van der Waals surface area contributed by atoms with E-state index in [-0.39, 0.29) is 17.5 Å². The highest BCUT2D eigenvalue weighted by Crippen LogP contribution is 2.41. The summed E-state index contributed by atoms with van der Waals surface area (Å²) in [6.45, 7) is 8.83. The van der Waals surface area contributed by atoms with Gasteiger partial charge in [0.2, 0.25) is 0 Å². The number of aryl methyl sites for hydroxylation is 1. The molecule has 2 N–H and O–H groups in total. The van der Waals surface area contributed by atoms with E-state index in [0.29, 0.717) is 30.9 Å². The third-order valence-electron chi connectivity index (χ3n) is 7.72. The van der Waals surface area contributed by atoms with Crippen LogP contribution in [0, 0.1) is 12.8 Å². The smallest absolute Gasteiger partial charge is 0.161 e. The molecule has 3 aliphatic rings. The molecule has 0 saturated carbocycles. The lowest BCUT2D eigenvalue weighted by Crippen LogP contribution is -2.31. The molecule has 2 heterocycles. The molecule has 0 spiro atoms. The third-order valence-corrected chi connectivity index (χ3v) is 7.72. The number of nitrogens with one attached hydrogen (secondary N) is 1. The second kappa shape index (κ2) is 11.7. The number of nitrogens with zero attached hydrogens (tertiary/aromatic N) is 1. The number of para-hydroxylation sites is 1. The van der Waals surface area contributed by atoms with E-state index in [9.17, 15) is 9.59 Å². The van der Waals surface area contributed by atoms with Gasteiger partial charge in [-0.15, -0.1) is 0 Å². The van der Waals surface area contributed by atoms with Crippen LogP contribution < -0.4 is 10.1 Å². The molecule has 200 valence electrons. The standard InChI is InChI=1S/C25H30N2O3.C7H8O/c1-15-9-17(14-27(15)3)10-23(28)20-13-21-22(26-16(20)2)11-18(12-24(21)29)19-7-5-6-8-25(19)30-4;1-6-3-2-4-7(8)5-6/h5-8,17-18,26H,1,9-14H2,2-4H3;2-5,8H,1H3/t17-,18-;/m1./s1. The van der Waals surface area contributed by atoms with Gasteiger partial charge in [0.25, 0.3) is 0 Å². The summed E-state index contributed by atoms with van der Waals surface area (Å²) in [4.78, 5) is 28.2. The Balaban J connectivity index is 0.000000360. The molecule has 38 heavy (non-hydrogen) atoms. The molecular weight excluding hydrogens is 476 g/mol. The number of phenolic OH excluding ortho intramolecular Hbond substituents is 1. The fourth-order valence-electron chi connectivity index (χ4n) is 5.65. The molecule has 0 radical (unpaired) electrons. The molecule has 1 aliphatic carbocycles. The highest BCUT2D eigenvalue weighted by Gasteiger charge is 2.35. The van der Waals surface area contributed by atoms with Crippen LogP contribution in [0.2, 0.25) is 0 Å².